The van der Waals surface area contributed by atoms with E-state index in [0.717, 1.165) is 68.2 Å². The van der Waals surface area contributed by atoms with E-state index in [2.05, 4.69) is 62.7 Å². The number of aliphatic hydroxyl groups is 1. The Morgan fingerprint density at radius 2 is 1.79 bits per heavy atom. The molecular weight excluding hydrogens is 560 g/mol. The molecule has 1 atom stereocenters. The number of carbonyl (C=O) groups is 3. The number of aliphatic carboxylic acids is 3. The second-order valence-corrected chi connectivity index (χ2v) is 11.5. The molecule has 0 amide bonds. The zero-order valence-electron chi connectivity index (χ0n) is 24.9. The second-order valence-electron chi connectivity index (χ2n) is 11.5. The van der Waals surface area contributed by atoms with Crippen molar-refractivity contribution in [3.63, 3.8) is 0 Å². The molecule has 43 heavy (non-hydrogen) atoms. The normalized spacial score (nSPS) is 17.4. The lowest BCUT2D eigenvalue weighted by molar-refractivity contribution is -0.170. The van der Waals surface area contributed by atoms with E-state index in [1.165, 1.54) is 5.56 Å². The molecule has 14 heteroatoms. The van der Waals surface area contributed by atoms with Gasteiger partial charge in [-0.2, -0.15) is 0 Å². The van der Waals surface area contributed by atoms with Gasteiger partial charge in [-0.1, -0.05) is 6.07 Å². The molecule has 0 radical (unpaired) electrons. The maximum Gasteiger partial charge on any atom is 0.336 e. The molecule has 4 rings (SSSR count). The number of ether oxygens (including phenoxy) is 1. The van der Waals surface area contributed by atoms with Crippen molar-refractivity contribution < 1.29 is 39.5 Å². The van der Waals surface area contributed by atoms with E-state index >= 15 is 0 Å². The van der Waals surface area contributed by atoms with Gasteiger partial charge in [0, 0.05) is 42.4 Å². The molecule has 234 valence electrons. The highest BCUT2D eigenvalue weighted by molar-refractivity contribution is 5.88. The molecule has 4 heterocycles. The Kier molecular flexibility index (Phi) is 10.9. The molecule has 1 aliphatic rings. The minimum Gasteiger partial charge on any atom is -0.481 e. The summed E-state index contributed by atoms with van der Waals surface area (Å²) in [6, 6.07) is 4.31. The highest BCUT2D eigenvalue weighted by atomic mass is 16.5. The molecule has 1 aliphatic heterocycles. The summed E-state index contributed by atoms with van der Waals surface area (Å²) in [5.41, 5.74) is 1.26. The third-order valence-electron chi connectivity index (χ3n) is 7.85. The Balaban J connectivity index is 0.000000331. The third-order valence-corrected chi connectivity index (χ3v) is 7.85. The summed E-state index contributed by atoms with van der Waals surface area (Å²) in [5.74, 6) is -4.04. The zero-order chi connectivity index (χ0) is 31.8. The van der Waals surface area contributed by atoms with Crippen LogP contribution in [0, 0.1) is 12.3 Å². The number of aromatic amines is 1. The maximum absolute atomic E-state index is 10.3. The number of nitrogens with one attached hydrogen (secondary N) is 1. The van der Waals surface area contributed by atoms with Gasteiger partial charge in [-0.05, 0) is 58.7 Å². The van der Waals surface area contributed by atoms with Crippen molar-refractivity contribution in [2.75, 3.05) is 26.3 Å². The first-order valence-electron chi connectivity index (χ1n) is 14.0. The van der Waals surface area contributed by atoms with Crippen LogP contribution in [0.2, 0.25) is 0 Å². The van der Waals surface area contributed by atoms with E-state index in [0.29, 0.717) is 0 Å². The highest BCUT2D eigenvalue weighted by Crippen LogP contribution is 2.41. The smallest absolute Gasteiger partial charge is 0.336 e. The Hall–Kier alpha value is -4.01. The van der Waals surface area contributed by atoms with Gasteiger partial charge in [0.15, 0.2) is 11.2 Å². The number of nitrogens with zero attached hydrogens (tertiary/aromatic N) is 5. The average Bonchev–Trinajstić information content (AvgIpc) is 3.56. The van der Waals surface area contributed by atoms with Gasteiger partial charge < -0.3 is 30.1 Å². The minimum atomic E-state index is -2.74. The number of carboxylic acid groups (broad SMARTS) is 3. The summed E-state index contributed by atoms with van der Waals surface area (Å²) >= 11 is 0. The van der Waals surface area contributed by atoms with Crippen LogP contribution in [-0.4, -0.2) is 100 Å². The standard InChI is InChI=1S/C23H32N6O.C6H8O7/c1-5-30-15-23(9-8-20-27-19-13-24-16-26-21(19)28-20)10-11-29(14-23)22(3,4)18-7-6-17(2)25-12-18;7-3(8)1-6(13,5(11)12)2-4(9)10/h6-7,12-13,16H,5,8-11,14-15H2,1-4H3,(H,24,26,27,28);13H,1-2H2,(H,7,8)(H,9,10)(H,11,12)/t23-;/m1./s1. The largest absolute Gasteiger partial charge is 0.481 e. The predicted molar refractivity (Wildman–Crippen MR) is 154 cm³/mol. The Labute approximate surface area is 249 Å². The zero-order valence-corrected chi connectivity index (χ0v) is 24.9. The number of hydrogen-bond acceptors (Lipinski definition) is 10. The van der Waals surface area contributed by atoms with Crippen LogP contribution in [0.4, 0.5) is 0 Å². The number of aromatic nitrogens is 5. The summed E-state index contributed by atoms with van der Waals surface area (Å²) in [5, 5.41) is 33.8. The topological polar surface area (TPSA) is 212 Å². The first-order chi connectivity index (χ1) is 20.2. The number of likely N-dealkylation sites (tertiary alicyclic amines) is 1. The summed E-state index contributed by atoms with van der Waals surface area (Å²) in [4.78, 5) is 53.9. The first kappa shape index (κ1) is 33.5. The third kappa shape index (κ3) is 8.75. The molecule has 3 aromatic rings. The van der Waals surface area contributed by atoms with Gasteiger partial charge >= 0.3 is 17.9 Å². The molecule has 5 N–H and O–H groups in total. The first-order valence-corrected chi connectivity index (χ1v) is 14.0. The van der Waals surface area contributed by atoms with Crippen LogP contribution in [0.1, 0.15) is 63.5 Å². The van der Waals surface area contributed by atoms with Crippen molar-refractivity contribution in [3.05, 3.63) is 47.9 Å². The van der Waals surface area contributed by atoms with Crippen LogP contribution < -0.4 is 0 Å². The lowest BCUT2D eigenvalue weighted by Crippen LogP contribution is -2.42. The number of aryl methyl sites for hydroxylation is 2. The Morgan fingerprint density at radius 1 is 1.09 bits per heavy atom. The van der Waals surface area contributed by atoms with Crippen molar-refractivity contribution in [3.8, 4) is 0 Å². The van der Waals surface area contributed by atoms with Crippen LogP contribution in [0.15, 0.2) is 30.9 Å². The van der Waals surface area contributed by atoms with Crippen LogP contribution in [0.3, 0.4) is 0 Å². The fraction of sp³-hybridized carbons (Fsp3) is 0.552. The van der Waals surface area contributed by atoms with Crippen LogP contribution in [-0.2, 0) is 31.1 Å². The van der Waals surface area contributed by atoms with Crippen LogP contribution in [0.5, 0.6) is 0 Å². The Morgan fingerprint density at radius 3 is 2.35 bits per heavy atom. The SMILES string of the molecule is CCOC[C@]1(CCc2nc3ncncc3[nH]2)CCN(C(C)(C)c2ccc(C)nc2)C1.O=C(O)CC(O)(CC(=O)O)C(=O)O. The minimum absolute atomic E-state index is 0.0659. The van der Waals surface area contributed by atoms with E-state index < -0.39 is 36.4 Å². The molecule has 0 aromatic carbocycles. The molecule has 0 spiro atoms. The molecular formula is C29H40N6O8. The van der Waals surface area contributed by atoms with Crippen molar-refractivity contribution in [1.82, 2.24) is 29.8 Å². The summed E-state index contributed by atoms with van der Waals surface area (Å²) < 4.78 is 5.96. The number of rotatable bonds is 13. The van der Waals surface area contributed by atoms with Gasteiger partial charge in [-0.3, -0.25) is 19.5 Å². The van der Waals surface area contributed by atoms with E-state index in [1.807, 2.05) is 13.1 Å². The fourth-order valence-electron chi connectivity index (χ4n) is 5.16. The molecule has 0 unspecified atom stereocenters. The van der Waals surface area contributed by atoms with Gasteiger partial charge in [0.25, 0.3) is 0 Å². The predicted octanol–water partition coefficient (Wildman–Crippen LogP) is 2.40. The molecule has 0 aliphatic carbocycles. The summed E-state index contributed by atoms with van der Waals surface area (Å²) in [7, 11) is 0. The lowest BCUT2D eigenvalue weighted by Gasteiger charge is -2.38. The van der Waals surface area contributed by atoms with E-state index in [1.54, 1.807) is 12.5 Å². The Bertz CT molecular complexity index is 1360. The lowest BCUT2D eigenvalue weighted by atomic mass is 9.82. The van der Waals surface area contributed by atoms with E-state index in [9.17, 15) is 14.4 Å². The fourth-order valence-corrected chi connectivity index (χ4v) is 5.16. The van der Waals surface area contributed by atoms with Gasteiger partial charge in [0.05, 0.1) is 25.6 Å². The van der Waals surface area contributed by atoms with Gasteiger partial charge in [-0.25, -0.2) is 19.7 Å². The number of carboxylic acids is 3. The molecule has 0 bridgehead atoms. The van der Waals surface area contributed by atoms with Crippen LogP contribution in [0.25, 0.3) is 11.2 Å². The van der Waals surface area contributed by atoms with Crippen molar-refractivity contribution in [2.45, 2.75) is 70.9 Å². The quantitative estimate of drug-likeness (QED) is 0.191. The van der Waals surface area contributed by atoms with Gasteiger partial charge in [-0.15, -0.1) is 0 Å². The highest BCUT2D eigenvalue weighted by Gasteiger charge is 2.44. The van der Waals surface area contributed by atoms with E-state index in [-0.39, 0.29) is 11.0 Å². The molecule has 1 saturated heterocycles. The number of imidazole rings is 1. The van der Waals surface area contributed by atoms with Gasteiger partial charge in [0.2, 0.25) is 0 Å². The average molecular weight is 601 g/mol. The van der Waals surface area contributed by atoms with Crippen molar-refractivity contribution in [2.24, 2.45) is 5.41 Å². The summed E-state index contributed by atoms with van der Waals surface area (Å²) in [6.07, 6.45) is 6.08. The maximum atomic E-state index is 10.3. The number of H-pyrrole nitrogens is 1. The number of pyridine rings is 1. The molecule has 14 nitrogen and oxygen atoms in total. The van der Waals surface area contributed by atoms with Gasteiger partial charge in [0.1, 0.15) is 17.7 Å². The van der Waals surface area contributed by atoms with Crippen molar-refractivity contribution >= 4 is 29.1 Å². The number of fused-ring (bicyclic) bond motifs is 1. The monoisotopic (exact) mass is 600 g/mol. The number of hydrogen-bond donors (Lipinski definition) is 5. The summed E-state index contributed by atoms with van der Waals surface area (Å²) in [6.45, 7) is 12.3. The molecule has 3 aromatic heterocycles. The molecule has 1 fully saturated rings. The molecule has 0 saturated carbocycles. The van der Waals surface area contributed by atoms with E-state index in [4.69, 9.17) is 25.2 Å². The second kappa shape index (κ2) is 14.0. The van der Waals surface area contributed by atoms with Crippen molar-refractivity contribution in [1.29, 1.82) is 0 Å². The van der Waals surface area contributed by atoms with Crippen LogP contribution >= 0.6 is 0 Å².